The molecule has 2 saturated heterocycles. The molecule has 14 heteroatoms. The van der Waals surface area contributed by atoms with Crippen LogP contribution in [-0.2, 0) is 35.7 Å². The highest BCUT2D eigenvalue weighted by Crippen LogP contribution is 2.53. The molecular weight excluding hydrogens is 537 g/mol. The van der Waals surface area contributed by atoms with E-state index in [2.05, 4.69) is 10.0 Å². The predicted octanol–water partition coefficient (Wildman–Crippen LogP) is 4.24. The minimum absolute atomic E-state index is 0.0639. The molecule has 218 valence electrons. The lowest BCUT2D eigenvalue weighted by atomic mass is 9.74. The van der Waals surface area contributed by atoms with Crippen LogP contribution < -0.4 is 4.72 Å². The van der Waals surface area contributed by atoms with Crippen LogP contribution in [0.15, 0.2) is 35.4 Å². The molecule has 0 aromatic heterocycles. The lowest BCUT2D eigenvalue weighted by molar-refractivity contribution is -0.123. The van der Waals surface area contributed by atoms with E-state index in [1.165, 1.54) is 11.2 Å². The zero-order valence-electron chi connectivity index (χ0n) is 23.7. The van der Waals surface area contributed by atoms with E-state index < -0.39 is 40.2 Å². The Hall–Kier alpha value is -2.64. The van der Waals surface area contributed by atoms with Gasteiger partial charge < -0.3 is 14.0 Å². The van der Waals surface area contributed by atoms with Crippen LogP contribution in [0.3, 0.4) is 0 Å². The SMILES string of the molecule is CC(=O)C1(N=[N+]=[N-])C[C@H]2CN(S(=O)(=O)NC(=O)OCc3ccccc3)C[C@H]2C1CCCB1OC(C)(C)C(C)(C)O1. The van der Waals surface area contributed by atoms with Crippen LogP contribution in [0.4, 0.5) is 4.79 Å². The number of rotatable bonds is 10. The maximum absolute atomic E-state index is 13.1. The highest BCUT2D eigenvalue weighted by atomic mass is 32.2. The van der Waals surface area contributed by atoms with Crippen molar-refractivity contribution in [1.82, 2.24) is 9.03 Å². The first-order valence-corrected chi connectivity index (χ1v) is 15.1. The van der Waals surface area contributed by atoms with Crippen LogP contribution in [-0.4, -0.2) is 61.5 Å². The first kappa shape index (κ1) is 30.3. The number of Topliss-reactive ketones (excluding diaryl/α,β-unsaturated/α-hetero) is 1. The third-order valence-corrected chi connectivity index (χ3v) is 10.4. The normalized spacial score (nSPS) is 29.0. The van der Waals surface area contributed by atoms with Gasteiger partial charge in [0.1, 0.15) is 17.9 Å². The van der Waals surface area contributed by atoms with Gasteiger partial charge in [-0.3, -0.25) is 4.79 Å². The van der Waals surface area contributed by atoms with Crippen molar-refractivity contribution < 1.29 is 32.1 Å². The van der Waals surface area contributed by atoms with Crippen molar-refractivity contribution in [1.29, 1.82) is 0 Å². The number of amides is 1. The Morgan fingerprint density at radius 2 is 1.82 bits per heavy atom. The van der Waals surface area contributed by atoms with Gasteiger partial charge >= 0.3 is 23.4 Å². The number of carbonyl (C=O) groups excluding carboxylic acids is 2. The molecule has 2 heterocycles. The molecule has 3 aliphatic rings. The summed E-state index contributed by atoms with van der Waals surface area (Å²) in [6.45, 7) is 9.50. The van der Waals surface area contributed by atoms with Gasteiger partial charge in [-0.2, -0.15) is 12.7 Å². The number of ether oxygens (including phenoxy) is 1. The zero-order valence-corrected chi connectivity index (χ0v) is 24.5. The van der Waals surface area contributed by atoms with Crippen molar-refractivity contribution >= 4 is 29.2 Å². The molecule has 0 bridgehead atoms. The lowest BCUT2D eigenvalue weighted by Gasteiger charge is -2.32. The van der Waals surface area contributed by atoms with Gasteiger partial charge in [0, 0.05) is 18.0 Å². The van der Waals surface area contributed by atoms with Crippen molar-refractivity contribution in [3.8, 4) is 0 Å². The summed E-state index contributed by atoms with van der Waals surface area (Å²) in [6.07, 6.45) is 0.943. The van der Waals surface area contributed by atoms with Crippen LogP contribution in [0.5, 0.6) is 0 Å². The fourth-order valence-corrected chi connectivity index (χ4v) is 7.42. The predicted molar refractivity (Wildman–Crippen MR) is 148 cm³/mol. The van der Waals surface area contributed by atoms with Gasteiger partial charge in [0.15, 0.2) is 0 Å². The molecule has 1 N–H and O–H groups in total. The molecule has 3 fully saturated rings. The summed E-state index contributed by atoms with van der Waals surface area (Å²) in [5.74, 6) is -1.01. The Labute approximate surface area is 236 Å². The van der Waals surface area contributed by atoms with Gasteiger partial charge in [0.25, 0.3) is 0 Å². The number of nitrogens with zero attached hydrogens (tertiary/aromatic N) is 4. The largest absolute Gasteiger partial charge is 0.457 e. The number of benzene rings is 1. The molecule has 1 aromatic carbocycles. The summed E-state index contributed by atoms with van der Waals surface area (Å²) in [4.78, 5) is 28.2. The van der Waals surface area contributed by atoms with E-state index in [9.17, 15) is 23.5 Å². The molecule has 1 saturated carbocycles. The first-order valence-electron chi connectivity index (χ1n) is 13.6. The van der Waals surface area contributed by atoms with Gasteiger partial charge in [-0.05, 0) is 82.6 Å². The summed E-state index contributed by atoms with van der Waals surface area (Å²) < 4.78 is 46.6. The van der Waals surface area contributed by atoms with E-state index in [1.807, 2.05) is 38.5 Å². The van der Waals surface area contributed by atoms with Crippen molar-refractivity contribution in [3.05, 3.63) is 46.3 Å². The van der Waals surface area contributed by atoms with Crippen LogP contribution in [0.1, 0.15) is 59.4 Å². The monoisotopic (exact) mass is 575 g/mol. The molecule has 40 heavy (non-hydrogen) atoms. The second-order valence-corrected chi connectivity index (χ2v) is 13.7. The number of ketones is 1. The molecule has 1 amide bonds. The highest BCUT2D eigenvalue weighted by Gasteiger charge is 2.59. The van der Waals surface area contributed by atoms with E-state index in [-0.39, 0.29) is 49.7 Å². The van der Waals surface area contributed by atoms with Gasteiger partial charge in [0.2, 0.25) is 0 Å². The average molecular weight is 575 g/mol. The van der Waals surface area contributed by atoms with E-state index >= 15 is 0 Å². The third-order valence-electron chi connectivity index (χ3n) is 9.02. The Morgan fingerprint density at radius 3 is 2.42 bits per heavy atom. The quantitative estimate of drug-likeness (QED) is 0.189. The maximum Gasteiger partial charge on any atom is 0.457 e. The number of nitrogens with one attached hydrogen (secondary N) is 1. The molecule has 1 aliphatic carbocycles. The number of carbonyl (C=O) groups is 2. The Balaban J connectivity index is 1.42. The fraction of sp³-hybridized carbons (Fsp3) is 0.692. The summed E-state index contributed by atoms with van der Waals surface area (Å²) in [5, 5.41) is 4.01. The van der Waals surface area contributed by atoms with Gasteiger partial charge in [0.05, 0.1) is 11.2 Å². The maximum atomic E-state index is 13.1. The minimum atomic E-state index is -4.18. The number of fused-ring (bicyclic) bond motifs is 1. The second-order valence-electron chi connectivity index (χ2n) is 12.0. The zero-order chi connectivity index (χ0) is 29.3. The molecule has 4 rings (SSSR count). The van der Waals surface area contributed by atoms with Crippen molar-refractivity contribution in [2.24, 2.45) is 22.9 Å². The number of hydrogen-bond donors (Lipinski definition) is 1. The second kappa shape index (κ2) is 11.3. The van der Waals surface area contributed by atoms with Gasteiger partial charge in [-0.15, -0.1) is 0 Å². The Bertz CT molecular complexity index is 1250. The number of hydrogen-bond acceptors (Lipinski definition) is 8. The van der Waals surface area contributed by atoms with Crippen LogP contribution in [0.25, 0.3) is 10.4 Å². The Kier molecular flexibility index (Phi) is 8.59. The minimum Gasteiger partial charge on any atom is -0.444 e. The van der Waals surface area contributed by atoms with Crippen molar-refractivity contribution in [3.63, 3.8) is 0 Å². The molecule has 12 nitrogen and oxygen atoms in total. The molecule has 2 unspecified atom stereocenters. The fourth-order valence-electron chi connectivity index (χ4n) is 6.26. The highest BCUT2D eigenvalue weighted by molar-refractivity contribution is 7.87. The van der Waals surface area contributed by atoms with Crippen molar-refractivity contribution in [2.45, 2.75) is 83.5 Å². The molecular formula is C26H38BN5O7S. The summed E-state index contributed by atoms with van der Waals surface area (Å²) >= 11 is 0. The molecule has 2 aliphatic heterocycles. The Morgan fingerprint density at radius 1 is 1.18 bits per heavy atom. The molecule has 4 atom stereocenters. The molecule has 0 spiro atoms. The van der Waals surface area contributed by atoms with Crippen LogP contribution in [0, 0.1) is 17.8 Å². The topological polar surface area (TPSA) is 160 Å². The lowest BCUT2D eigenvalue weighted by Crippen LogP contribution is -2.46. The van der Waals surface area contributed by atoms with Gasteiger partial charge in [-0.25, -0.2) is 9.52 Å². The summed E-state index contributed by atoms with van der Waals surface area (Å²) in [5.41, 5.74) is 7.92. The van der Waals surface area contributed by atoms with Crippen LogP contribution >= 0.6 is 0 Å². The summed E-state index contributed by atoms with van der Waals surface area (Å²) in [6, 6.07) is 8.94. The molecule has 1 aromatic rings. The number of azide groups is 1. The van der Waals surface area contributed by atoms with E-state index in [4.69, 9.17) is 14.0 Å². The average Bonchev–Trinajstić information content (AvgIpc) is 3.47. The van der Waals surface area contributed by atoms with Crippen LogP contribution in [0.2, 0.25) is 6.32 Å². The standard InChI is InChI=1S/C26H38BN5O7S/c1-18(33)26(30-31-28)14-20-15-32(40(35,36)29-23(34)37-17-19-10-7-6-8-11-19)16-21(20)22(26)12-9-13-27-38-24(2,3)25(4,5)39-27/h6-8,10-11,20-22H,9,12-17H2,1-5H3,(H,29,34)/t20-,21+,22?,26?/m0/s1. The van der Waals surface area contributed by atoms with Crippen molar-refractivity contribution in [2.75, 3.05) is 13.1 Å². The third kappa shape index (κ3) is 6.01. The van der Waals surface area contributed by atoms with E-state index in [1.54, 1.807) is 24.3 Å². The summed E-state index contributed by atoms with van der Waals surface area (Å²) in [7, 11) is -4.58. The smallest absolute Gasteiger partial charge is 0.444 e. The van der Waals surface area contributed by atoms with E-state index in [0.717, 1.165) is 5.56 Å². The molecule has 0 radical (unpaired) electrons. The van der Waals surface area contributed by atoms with E-state index in [0.29, 0.717) is 19.2 Å². The van der Waals surface area contributed by atoms with Gasteiger partial charge in [-0.1, -0.05) is 41.9 Å². The first-order chi connectivity index (χ1) is 18.7.